The zero-order valence-corrected chi connectivity index (χ0v) is 11.7. The van der Waals surface area contributed by atoms with E-state index in [1.807, 2.05) is 0 Å². The van der Waals surface area contributed by atoms with E-state index in [-0.39, 0.29) is 24.3 Å². The fourth-order valence-corrected chi connectivity index (χ4v) is 1.36. The number of hydrogen-bond acceptors (Lipinski definition) is 7. The highest BCUT2D eigenvalue weighted by atomic mass is 16.6. The lowest BCUT2D eigenvalue weighted by Gasteiger charge is -2.03. The molecule has 0 aliphatic carbocycles. The number of hydrogen-bond donors (Lipinski definition) is 0. The average Bonchev–Trinajstić information content (AvgIpc) is 2.52. The molecule has 0 fully saturated rings. The number of carbonyl (C=O) groups excluding carboxylic acids is 3. The monoisotopic (exact) mass is 307 g/mol. The first kappa shape index (κ1) is 17.0. The number of allylic oxidation sites excluding steroid dienone is 1. The third-order valence-corrected chi connectivity index (χ3v) is 2.50. The SMILES string of the molecule is COC(=O)/C=C/C(=O)CCOC(=O)c1ccc([N+](=O)[O-])cc1. The Morgan fingerprint density at radius 3 is 2.36 bits per heavy atom. The van der Waals surface area contributed by atoms with Crippen LogP contribution < -0.4 is 0 Å². The standard InChI is InChI=1S/C14H13NO7/c1-21-13(17)7-6-12(16)8-9-22-14(18)10-2-4-11(5-3-10)15(19)20/h2-7H,8-9H2,1H3/b7-6+. The third kappa shape index (κ3) is 5.53. The quantitative estimate of drug-likeness (QED) is 0.324. The molecule has 0 unspecified atom stereocenters. The predicted molar refractivity (Wildman–Crippen MR) is 74.2 cm³/mol. The van der Waals surface area contributed by atoms with Crippen molar-refractivity contribution in [2.75, 3.05) is 13.7 Å². The van der Waals surface area contributed by atoms with Gasteiger partial charge in [-0.1, -0.05) is 0 Å². The van der Waals surface area contributed by atoms with Gasteiger partial charge in [0.2, 0.25) is 0 Å². The van der Waals surface area contributed by atoms with Crippen molar-refractivity contribution in [2.45, 2.75) is 6.42 Å². The summed E-state index contributed by atoms with van der Waals surface area (Å²) in [7, 11) is 1.18. The number of nitro groups is 1. The molecule has 22 heavy (non-hydrogen) atoms. The van der Waals surface area contributed by atoms with Crippen molar-refractivity contribution in [1.82, 2.24) is 0 Å². The Bertz CT molecular complexity index is 604. The van der Waals surface area contributed by atoms with Gasteiger partial charge in [-0.3, -0.25) is 14.9 Å². The summed E-state index contributed by atoms with van der Waals surface area (Å²) in [6.07, 6.45) is 1.91. The number of ketones is 1. The maximum atomic E-state index is 11.6. The highest BCUT2D eigenvalue weighted by Gasteiger charge is 2.11. The van der Waals surface area contributed by atoms with Crippen LogP contribution >= 0.6 is 0 Å². The summed E-state index contributed by atoms with van der Waals surface area (Å²) in [5, 5.41) is 10.5. The molecule has 0 spiro atoms. The second-order valence-electron chi connectivity index (χ2n) is 4.01. The van der Waals surface area contributed by atoms with Gasteiger partial charge in [0.25, 0.3) is 5.69 Å². The molecule has 0 aliphatic heterocycles. The normalized spacial score (nSPS) is 10.2. The van der Waals surface area contributed by atoms with Crippen LogP contribution in [0, 0.1) is 10.1 Å². The van der Waals surface area contributed by atoms with E-state index >= 15 is 0 Å². The van der Waals surface area contributed by atoms with E-state index in [1.54, 1.807) is 0 Å². The van der Waals surface area contributed by atoms with Crippen LogP contribution in [0.25, 0.3) is 0 Å². The van der Waals surface area contributed by atoms with Crippen LogP contribution in [0.1, 0.15) is 16.8 Å². The second kappa shape index (κ2) is 8.30. The first-order valence-electron chi connectivity index (χ1n) is 6.14. The fourth-order valence-electron chi connectivity index (χ4n) is 1.36. The smallest absolute Gasteiger partial charge is 0.338 e. The van der Waals surface area contributed by atoms with Crippen LogP contribution in [0.4, 0.5) is 5.69 Å². The van der Waals surface area contributed by atoms with Crippen LogP contribution in [-0.4, -0.2) is 36.4 Å². The predicted octanol–water partition coefficient (Wildman–Crippen LogP) is 1.44. The van der Waals surface area contributed by atoms with Crippen LogP contribution in [0.15, 0.2) is 36.4 Å². The molecule has 1 aromatic rings. The van der Waals surface area contributed by atoms with Gasteiger partial charge in [-0.05, 0) is 18.2 Å². The Hall–Kier alpha value is -3.03. The van der Waals surface area contributed by atoms with Gasteiger partial charge in [0.05, 0.1) is 24.2 Å². The van der Waals surface area contributed by atoms with E-state index in [1.165, 1.54) is 31.4 Å². The first-order chi connectivity index (χ1) is 10.4. The minimum absolute atomic E-state index is 0.0911. The van der Waals surface area contributed by atoms with E-state index in [0.717, 1.165) is 12.2 Å². The highest BCUT2D eigenvalue weighted by Crippen LogP contribution is 2.12. The van der Waals surface area contributed by atoms with Gasteiger partial charge in [-0.2, -0.15) is 0 Å². The zero-order chi connectivity index (χ0) is 16.5. The molecular formula is C14H13NO7. The van der Waals surface area contributed by atoms with Crippen molar-refractivity contribution in [2.24, 2.45) is 0 Å². The fraction of sp³-hybridized carbons (Fsp3) is 0.214. The average molecular weight is 307 g/mol. The van der Waals surface area contributed by atoms with E-state index in [4.69, 9.17) is 4.74 Å². The molecule has 8 heteroatoms. The molecule has 0 N–H and O–H groups in total. The highest BCUT2D eigenvalue weighted by molar-refractivity contribution is 5.96. The lowest BCUT2D eigenvalue weighted by molar-refractivity contribution is -0.384. The topological polar surface area (TPSA) is 113 Å². The number of esters is 2. The van der Waals surface area contributed by atoms with E-state index in [9.17, 15) is 24.5 Å². The number of benzene rings is 1. The number of rotatable bonds is 7. The molecule has 0 bridgehead atoms. The number of non-ortho nitro benzene ring substituents is 1. The van der Waals surface area contributed by atoms with Crippen LogP contribution in [0.2, 0.25) is 0 Å². The molecule has 0 amide bonds. The van der Waals surface area contributed by atoms with Crippen molar-refractivity contribution in [3.63, 3.8) is 0 Å². The Kier molecular flexibility index (Phi) is 6.42. The number of carbonyl (C=O) groups is 3. The van der Waals surface area contributed by atoms with Gasteiger partial charge < -0.3 is 9.47 Å². The summed E-state index contributed by atoms with van der Waals surface area (Å²) < 4.78 is 9.17. The zero-order valence-electron chi connectivity index (χ0n) is 11.7. The molecule has 0 saturated heterocycles. The lowest BCUT2D eigenvalue weighted by atomic mass is 10.2. The van der Waals surface area contributed by atoms with Crippen LogP contribution in [-0.2, 0) is 19.1 Å². The summed E-state index contributed by atoms with van der Waals surface area (Å²) in [4.78, 5) is 43.6. The molecule has 0 saturated carbocycles. The summed E-state index contributed by atoms with van der Waals surface area (Å²) in [6, 6.07) is 4.89. The molecule has 0 atom stereocenters. The van der Waals surface area contributed by atoms with Gasteiger partial charge in [-0.15, -0.1) is 0 Å². The minimum atomic E-state index is -0.695. The minimum Gasteiger partial charge on any atom is -0.466 e. The molecule has 0 aliphatic rings. The molecule has 8 nitrogen and oxygen atoms in total. The Labute approximate surface area is 125 Å². The molecule has 0 aromatic heterocycles. The molecule has 0 heterocycles. The number of methoxy groups -OCH3 is 1. The van der Waals surface area contributed by atoms with Crippen molar-refractivity contribution in [3.05, 3.63) is 52.1 Å². The Morgan fingerprint density at radius 2 is 1.82 bits per heavy atom. The summed E-state index contributed by atoms with van der Waals surface area (Å²) in [5.74, 6) is -1.75. The van der Waals surface area contributed by atoms with Crippen molar-refractivity contribution < 1.29 is 28.8 Å². The molecule has 0 radical (unpaired) electrons. The van der Waals surface area contributed by atoms with Crippen molar-refractivity contribution in [1.29, 1.82) is 0 Å². The van der Waals surface area contributed by atoms with Gasteiger partial charge in [0.1, 0.15) is 0 Å². The molecular weight excluding hydrogens is 294 g/mol. The maximum absolute atomic E-state index is 11.6. The summed E-state index contributed by atoms with van der Waals surface area (Å²) in [5.41, 5.74) is 0.00262. The molecule has 116 valence electrons. The number of ether oxygens (including phenoxy) is 2. The Balaban J connectivity index is 2.43. The van der Waals surface area contributed by atoms with Gasteiger partial charge in [0.15, 0.2) is 5.78 Å². The van der Waals surface area contributed by atoms with Crippen LogP contribution in [0.3, 0.4) is 0 Å². The summed E-state index contributed by atoms with van der Waals surface area (Å²) >= 11 is 0. The van der Waals surface area contributed by atoms with Crippen molar-refractivity contribution in [3.8, 4) is 0 Å². The van der Waals surface area contributed by atoms with E-state index in [2.05, 4.69) is 4.74 Å². The third-order valence-electron chi connectivity index (χ3n) is 2.50. The van der Waals surface area contributed by atoms with E-state index < -0.39 is 22.6 Å². The maximum Gasteiger partial charge on any atom is 0.338 e. The van der Waals surface area contributed by atoms with E-state index in [0.29, 0.717) is 0 Å². The van der Waals surface area contributed by atoms with Gasteiger partial charge >= 0.3 is 11.9 Å². The largest absolute Gasteiger partial charge is 0.466 e. The summed E-state index contributed by atoms with van der Waals surface area (Å²) in [6.45, 7) is -0.167. The molecule has 1 aromatic carbocycles. The van der Waals surface area contributed by atoms with Crippen LogP contribution in [0.5, 0.6) is 0 Å². The lowest BCUT2D eigenvalue weighted by Crippen LogP contribution is -2.09. The number of nitrogens with zero attached hydrogens (tertiary/aromatic N) is 1. The van der Waals surface area contributed by atoms with Gasteiger partial charge in [-0.25, -0.2) is 9.59 Å². The Morgan fingerprint density at radius 1 is 1.18 bits per heavy atom. The first-order valence-corrected chi connectivity index (χ1v) is 6.14. The second-order valence-corrected chi connectivity index (χ2v) is 4.01. The van der Waals surface area contributed by atoms with Gasteiger partial charge in [0, 0.05) is 24.6 Å². The molecule has 1 rings (SSSR count). The number of nitro benzene ring substituents is 1. The van der Waals surface area contributed by atoms with Crippen molar-refractivity contribution >= 4 is 23.4 Å².